The van der Waals surface area contributed by atoms with Crippen molar-refractivity contribution in [3.8, 4) is 5.75 Å². The second kappa shape index (κ2) is 6.92. The maximum Gasteiger partial charge on any atom is 0.115 e. The molecule has 2 rings (SSSR count). The molecule has 1 saturated heterocycles. The molecule has 3 nitrogen and oxygen atoms in total. The fourth-order valence-electron chi connectivity index (χ4n) is 2.72. The molecule has 0 aliphatic carbocycles. The van der Waals surface area contributed by atoms with E-state index in [0.29, 0.717) is 11.8 Å². The van der Waals surface area contributed by atoms with Crippen molar-refractivity contribution in [3.63, 3.8) is 0 Å². The van der Waals surface area contributed by atoms with Crippen LogP contribution in [-0.2, 0) is 6.42 Å². The molecule has 0 saturated carbocycles. The Morgan fingerprint density at radius 3 is 2.74 bits per heavy atom. The summed E-state index contributed by atoms with van der Waals surface area (Å²) in [7, 11) is 2.22. The molecule has 2 unspecified atom stereocenters. The Labute approximate surface area is 116 Å². The Kier molecular flexibility index (Phi) is 5.23. The normalized spacial score (nSPS) is 21.7. The molecule has 0 bridgehead atoms. The van der Waals surface area contributed by atoms with Gasteiger partial charge in [-0.05, 0) is 63.9 Å². The van der Waals surface area contributed by atoms with E-state index in [-0.39, 0.29) is 0 Å². The summed E-state index contributed by atoms with van der Waals surface area (Å²) in [6, 6.07) is 8.81. The number of aromatic hydroxyl groups is 1. The number of hydrogen-bond acceptors (Lipinski definition) is 3. The van der Waals surface area contributed by atoms with E-state index in [1.54, 1.807) is 12.1 Å². The second-order valence-corrected chi connectivity index (χ2v) is 5.79. The van der Waals surface area contributed by atoms with Crippen LogP contribution in [-0.4, -0.2) is 42.2 Å². The number of aryl methyl sites for hydroxylation is 1. The van der Waals surface area contributed by atoms with Crippen LogP contribution in [0.2, 0.25) is 0 Å². The number of nitrogens with one attached hydrogen (secondary N) is 1. The van der Waals surface area contributed by atoms with Gasteiger partial charge in [-0.2, -0.15) is 0 Å². The van der Waals surface area contributed by atoms with Crippen LogP contribution in [0.3, 0.4) is 0 Å². The first kappa shape index (κ1) is 14.4. The van der Waals surface area contributed by atoms with Gasteiger partial charge in [-0.1, -0.05) is 12.1 Å². The van der Waals surface area contributed by atoms with Crippen molar-refractivity contribution in [3.05, 3.63) is 29.8 Å². The van der Waals surface area contributed by atoms with E-state index >= 15 is 0 Å². The first-order valence-electron chi connectivity index (χ1n) is 7.36. The van der Waals surface area contributed by atoms with Crippen LogP contribution in [0.1, 0.15) is 31.7 Å². The number of phenolic OH excluding ortho intramolecular Hbond substituents is 1. The van der Waals surface area contributed by atoms with E-state index in [4.69, 9.17) is 0 Å². The van der Waals surface area contributed by atoms with Gasteiger partial charge in [0.05, 0.1) is 0 Å². The van der Waals surface area contributed by atoms with Gasteiger partial charge in [0, 0.05) is 18.6 Å². The Morgan fingerprint density at radius 1 is 1.37 bits per heavy atom. The molecule has 2 atom stereocenters. The zero-order valence-electron chi connectivity index (χ0n) is 12.1. The third-order valence-corrected chi connectivity index (χ3v) is 4.18. The van der Waals surface area contributed by atoms with Gasteiger partial charge in [-0.25, -0.2) is 0 Å². The van der Waals surface area contributed by atoms with Crippen LogP contribution in [0.4, 0.5) is 0 Å². The predicted molar refractivity (Wildman–Crippen MR) is 79.5 cm³/mol. The summed E-state index contributed by atoms with van der Waals surface area (Å²) in [6.45, 7) is 4.61. The lowest BCUT2D eigenvalue weighted by molar-refractivity contribution is 0.291. The van der Waals surface area contributed by atoms with Crippen LogP contribution in [0, 0.1) is 0 Å². The molecule has 1 fully saturated rings. The van der Waals surface area contributed by atoms with Crippen LogP contribution < -0.4 is 5.32 Å². The van der Waals surface area contributed by atoms with Gasteiger partial charge < -0.3 is 15.3 Å². The minimum absolute atomic E-state index is 0.346. The molecule has 1 aromatic rings. The molecule has 0 aromatic heterocycles. The van der Waals surface area contributed by atoms with Crippen LogP contribution in [0.25, 0.3) is 0 Å². The number of benzene rings is 1. The third kappa shape index (κ3) is 4.51. The van der Waals surface area contributed by atoms with Gasteiger partial charge in [0.15, 0.2) is 0 Å². The molecule has 1 aliphatic rings. The van der Waals surface area contributed by atoms with Crippen molar-refractivity contribution in [1.82, 2.24) is 10.2 Å². The maximum atomic E-state index is 9.25. The fourth-order valence-corrected chi connectivity index (χ4v) is 2.72. The van der Waals surface area contributed by atoms with E-state index in [1.165, 1.54) is 24.9 Å². The Morgan fingerprint density at radius 2 is 2.11 bits per heavy atom. The number of phenols is 1. The van der Waals surface area contributed by atoms with Crippen molar-refractivity contribution in [2.45, 2.75) is 44.7 Å². The fraction of sp³-hybridized carbons (Fsp3) is 0.625. The van der Waals surface area contributed by atoms with Gasteiger partial charge in [0.2, 0.25) is 0 Å². The average molecular weight is 262 g/mol. The molecule has 2 N–H and O–H groups in total. The predicted octanol–water partition coefficient (Wildman–Crippen LogP) is 2.40. The molecular formula is C16H26N2O. The summed E-state index contributed by atoms with van der Waals surface area (Å²) in [5.41, 5.74) is 1.30. The molecule has 0 spiro atoms. The highest BCUT2D eigenvalue weighted by Crippen LogP contribution is 2.15. The summed E-state index contributed by atoms with van der Waals surface area (Å²) >= 11 is 0. The quantitative estimate of drug-likeness (QED) is 0.826. The second-order valence-electron chi connectivity index (χ2n) is 5.79. The van der Waals surface area contributed by atoms with Gasteiger partial charge >= 0.3 is 0 Å². The third-order valence-electron chi connectivity index (χ3n) is 4.18. The standard InChI is InChI=1S/C16H26N2O/c1-13(17-12-15-4-3-11-18(15)2)5-6-14-7-9-16(19)10-8-14/h7-10,13,15,17,19H,3-6,11-12H2,1-2H3. The summed E-state index contributed by atoms with van der Waals surface area (Å²) in [4.78, 5) is 2.46. The monoisotopic (exact) mass is 262 g/mol. The van der Waals surface area contributed by atoms with E-state index < -0.39 is 0 Å². The van der Waals surface area contributed by atoms with E-state index in [1.807, 2.05) is 12.1 Å². The maximum absolute atomic E-state index is 9.25. The van der Waals surface area contributed by atoms with Gasteiger partial charge in [-0.15, -0.1) is 0 Å². The highest BCUT2D eigenvalue weighted by atomic mass is 16.3. The molecule has 0 amide bonds. The lowest BCUT2D eigenvalue weighted by Crippen LogP contribution is -2.39. The highest BCUT2D eigenvalue weighted by Gasteiger charge is 2.20. The van der Waals surface area contributed by atoms with Gasteiger partial charge in [-0.3, -0.25) is 0 Å². The van der Waals surface area contributed by atoms with Crippen molar-refractivity contribution in [2.24, 2.45) is 0 Å². The number of rotatable bonds is 6. The Bertz CT molecular complexity index is 377. The zero-order chi connectivity index (χ0) is 13.7. The van der Waals surface area contributed by atoms with Crippen molar-refractivity contribution >= 4 is 0 Å². The average Bonchev–Trinajstić information content (AvgIpc) is 2.81. The summed E-state index contributed by atoms with van der Waals surface area (Å²) in [5.74, 6) is 0.346. The zero-order valence-corrected chi connectivity index (χ0v) is 12.1. The van der Waals surface area contributed by atoms with Gasteiger partial charge in [0.1, 0.15) is 5.75 Å². The molecule has 1 aromatic carbocycles. The van der Waals surface area contributed by atoms with Crippen molar-refractivity contribution in [2.75, 3.05) is 20.1 Å². The molecule has 19 heavy (non-hydrogen) atoms. The van der Waals surface area contributed by atoms with Crippen LogP contribution in [0.15, 0.2) is 24.3 Å². The largest absolute Gasteiger partial charge is 0.508 e. The van der Waals surface area contributed by atoms with Crippen LogP contribution in [0.5, 0.6) is 5.75 Å². The first-order valence-corrected chi connectivity index (χ1v) is 7.36. The molecule has 1 heterocycles. The van der Waals surface area contributed by atoms with Crippen molar-refractivity contribution in [1.29, 1.82) is 0 Å². The number of hydrogen-bond donors (Lipinski definition) is 2. The van der Waals surface area contributed by atoms with Crippen LogP contribution >= 0.6 is 0 Å². The molecular weight excluding hydrogens is 236 g/mol. The smallest absolute Gasteiger partial charge is 0.115 e. The highest BCUT2D eigenvalue weighted by molar-refractivity contribution is 5.25. The van der Waals surface area contributed by atoms with E-state index in [0.717, 1.165) is 25.4 Å². The summed E-state index contributed by atoms with van der Waals surface area (Å²) in [5, 5.41) is 12.9. The molecule has 106 valence electrons. The first-order chi connectivity index (χ1) is 9.15. The lowest BCUT2D eigenvalue weighted by atomic mass is 10.1. The Hall–Kier alpha value is -1.06. The minimum atomic E-state index is 0.346. The summed E-state index contributed by atoms with van der Waals surface area (Å²) in [6.07, 6.45) is 4.87. The Balaban J connectivity index is 1.66. The summed E-state index contributed by atoms with van der Waals surface area (Å²) < 4.78 is 0. The molecule has 0 radical (unpaired) electrons. The number of likely N-dealkylation sites (N-methyl/N-ethyl adjacent to an activating group) is 1. The SMILES string of the molecule is CC(CCc1ccc(O)cc1)NCC1CCCN1C. The van der Waals surface area contributed by atoms with Gasteiger partial charge in [0.25, 0.3) is 0 Å². The van der Waals surface area contributed by atoms with E-state index in [2.05, 4.69) is 24.2 Å². The molecule has 1 aliphatic heterocycles. The topological polar surface area (TPSA) is 35.5 Å². The minimum Gasteiger partial charge on any atom is -0.508 e. The lowest BCUT2D eigenvalue weighted by Gasteiger charge is -2.22. The molecule has 3 heteroatoms. The number of nitrogens with zero attached hydrogens (tertiary/aromatic N) is 1. The van der Waals surface area contributed by atoms with E-state index in [9.17, 15) is 5.11 Å². The van der Waals surface area contributed by atoms with Crippen molar-refractivity contribution < 1.29 is 5.11 Å². The number of likely N-dealkylation sites (tertiary alicyclic amines) is 1.